The molecule has 3 N–H and O–H groups in total. The minimum absolute atomic E-state index is 0.0276. The number of rotatable bonds is 5. The molecule has 34 heavy (non-hydrogen) atoms. The van der Waals surface area contributed by atoms with Gasteiger partial charge >= 0.3 is 5.56 Å². The number of likely N-dealkylation sites (tertiary alicyclic amines) is 1. The fraction of sp³-hybridized carbons (Fsp3) is 0.348. The molecule has 1 fully saturated rings. The molecule has 3 unspecified atom stereocenters. The Balaban J connectivity index is 1.37. The molecule has 2 aliphatic heterocycles. The van der Waals surface area contributed by atoms with Gasteiger partial charge in [-0.1, -0.05) is 0 Å². The van der Waals surface area contributed by atoms with E-state index >= 15 is 0 Å². The molecule has 0 saturated carbocycles. The Morgan fingerprint density at radius 3 is 2.68 bits per heavy atom. The van der Waals surface area contributed by atoms with Gasteiger partial charge in [0.25, 0.3) is 5.91 Å². The Kier molecular flexibility index (Phi) is 5.60. The zero-order chi connectivity index (χ0) is 24.0. The first-order valence-corrected chi connectivity index (χ1v) is 10.9. The number of methoxy groups -OCH3 is 2. The number of hydrogen-bond acceptors (Lipinski definition) is 7. The second-order valence-corrected chi connectivity index (χ2v) is 8.64. The van der Waals surface area contributed by atoms with E-state index in [9.17, 15) is 20.0 Å². The monoisotopic (exact) mass is 467 g/mol. The van der Waals surface area contributed by atoms with Gasteiger partial charge in [0.1, 0.15) is 5.69 Å². The van der Waals surface area contributed by atoms with E-state index in [-0.39, 0.29) is 23.4 Å². The van der Waals surface area contributed by atoms with E-state index in [4.69, 9.17) is 9.47 Å². The third-order valence-corrected chi connectivity index (χ3v) is 6.61. The number of ether oxygens (including phenoxy) is 2. The summed E-state index contributed by atoms with van der Waals surface area (Å²) in [6.45, 7) is 1.34. The molecule has 2 aromatic heterocycles. The number of carbonyl (C=O) groups is 1. The van der Waals surface area contributed by atoms with Crippen LogP contribution < -0.4 is 20.3 Å². The number of hydrogen-bond donors (Lipinski definition) is 3. The summed E-state index contributed by atoms with van der Waals surface area (Å²) in [5.41, 5.74) is 1.85. The third-order valence-electron chi connectivity index (χ3n) is 6.61. The zero-order valence-electron chi connectivity index (χ0n) is 18.8. The molecule has 11 heteroatoms. The summed E-state index contributed by atoms with van der Waals surface area (Å²) in [4.78, 5) is 27.7. The molecule has 1 amide bonds. The average Bonchev–Trinajstić information content (AvgIpc) is 3.33. The van der Waals surface area contributed by atoms with Crippen molar-refractivity contribution in [1.29, 1.82) is 0 Å². The molecule has 11 nitrogen and oxygen atoms in total. The van der Waals surface area contributed by atoms with Crippen molar-refractivity contribution in [3.05, 3.63) is 63.3 Å². The van der Waals surface area contributed by atoms with Gasteiger partial charge in [0, 0.05) is 42.9 Å². The van der Waals surface area contributed by atoms with Crippen LogP contribution in [-0.4, -0.2) is 58.1 Å². The number of carbonyl (C=O) groups excluding carboxylic acids is 1. The van der Waals surface area contributed by atoms with Crippen LogP contribution in [0.4, 0.5) is 5.69 Å². The van der Waals surface area contributed by atoms with E-state index in [1.807, 2.05) is 6.07 Å². The molecule has 3 atom stereocenters. The Bertz CT molecular complexity index is 1300. The van der Waals surface area contributed by atoms with Crippen LogP contribution in [-0.2, 0) is 6.54 Å². The van der Waals surface area contributed by atoms with E-state index in [1.165, 1.54) is 6.07 Å². The number of quaternary nitrogens is 1. The van der Waals surface area contributed by atoms with Crippen molar-refractivity contribution in [1.82, 2.24) is 19.7 Å². The maximum atomic E-state index is 13.3. The molecule has 178 valence electrons. The molecule has 1 saturated heterocycles. The third kappa shape index (κ3) is 3.73. The Morgan fingerprint density at radius 2 is 1.94 bits per heavy atom. The fourth-order valence-electron chi connectivity index (χ4n) is 5.02. The first-order valence-electron chi connectivity index (χ1n) is 10.9. The molecule has 0 aliphatic carbocycles. The highest BCUT2D eigenvalue weighted by atomic mass is 16.8. The lowest BCUT2D eigenvalue weighted by atomic mass is 9.83. The molecule has 0 spiro atoms. The summed E-state index contributed by atoms with van der Waals surface area (Å²) >= 11 is 0. The lowest BCUT2D eigenvalue weighted by Crippen LogP contribution is -3.00. The summed E-state index contributed by atoms with van der Waals surface area (Å²) < 4.78 is 12.2. The maximum absolute atomic E-state index is 13.3. The van der Waals surface area contributed by atoms with Crippen molar-refractivity contribution in [2.75, 3.05) is 27.3 Å². The van der Waals surface area contributed by atoms with Gasteiger partial charge < -0.3 is 24.1 Å². The highest BCUT2D eigenvalue weighted by Crippen LogP contribution is 2.36. The SMILES string of the molecule is COc1ccc(-c2cc(C(=O)N3CC4CC(C3)c3ccc([NH+]([O-])O)c(=O)n3C4)[nH]n2)cc1OC. The zero-order valence-corrected chi connectivity index (χ0v) is 18.8. The van der Waals surface area contributed by atoms with Crippen LogP contribution in [0, 0.1) is 11.1 Å². The lowest BCUT2D eigenvalue weighted by Gasteiger charge is -2.42. The van der Waals surface area contributed by atoms with Crippen LogP contribution >= 0.6 is 0 Å². The van der Waals surface area contributed by atoms with Crippen molar-refractivity contribution in [2.24, 2.45) is 5.92 Å². The summed E-state index contributed by atoms with van der Waals surface area (Å²) in [5.74, 6) is 1.06. The smallest absolute Gasteiger partial charge is 0.315 e. The number of amides is 1. The number of pyridine rings is 1. The van der Waals surface area contributed by atoms with Crippen molar-refractivity contribution in [2.45, 2.75) is 18.9 Å². The van der Waals surface area contributed by atoms with Gasteiger partial charge in [-0.3, -0.25) is 14.7 Å². The van der Waals surface area contributed by atoms with Gasteiger partial charge in [-0.2, -0.15) is 10.3 Å². The molecule has 4 heterocycles. The first-order chi connectivity index (χ1) is 16.4. The quantitative estimate of drug-likeness (QED) is 0.475. The summed E-state index contributed by atoms with van der Waals surface area (Å²) in [7, 11) is 3.12. The Labute approximate surface area is 194 Å². The number of H-pyrrole nitrogens is 1. The van der Waals surface area contributed by atoms with E-state index in [0.29, 0.717) is 42.5 Å². The number of piperidine rings is 1. The van der Waals surface area contributed by atoms with Gasteiger partial charge in [0.15, 0.2) is 11.5 Å². The summed E-state index contributed by atoms with van der Waals surface area (Å²) in [6, 6.07) is 10.2. The van der Waals surface area contributed by atoms with Crippen molar-refractivity contribution < 1.29 is 24.7 Å². The topological polar surface area (TPSA) is 137 Å². The van der Waals surface area contributed by atoms with E-state index < -0.39 is 10.8 Å². The second kappa shape index (κ2) is 8.60. The predicted molar refractivity (Wildman–Crippen MR) is 120 cm³/mol. The maximum Gasteiger partial charge on any atom is 0.315 e. The second-order valence-electron chi connectivity index (χ2n) is 8.64. The van der Waals surface area contributed by atoms with Crippen LogP contribution in [0.25, 0.3) is 11.3 Å². The molecular weight excluding hydrogens is 442 g/mol. The van der Waals surface area contributed by atoms with Gasteiger partial charge in [-0.15, -0.1) is 0 Å². The first kappa shape index (κ1) is 22.1. The molecule has 3 aromatic rings. The van der Waals surface area contributed by atoms with E-state index in [0.717, 1.165) is 17.7 Å². The average molecular weight is 467 g/mol. The van der Waals surface area contributed by atoms with Crippen molar-refractivity contribution in [3.8, 4) is 22.8 Å². The predicted octanol–water partition coefficient (Wildman–Crippen LogP) is 0.919. The van der Waals surface area contributed by atoms with Gasteiger partial charge in [-0.25, -0.2) is 5.21 Å². The Morgan fingerprint density at radius 1 is 1.15 bits per heavy atom. The molecule has 5 rings (SSSR count). The summed E-state index contributed by atoms with van der Waals surface area (Å²) in [5, 5.41) is 26.5. The van der Waals surface area contributed by atoms with Crippen LogP contribution in [0.1, 0.15) is 28.5 Å². The fourth-order valence-corrected chi connectivity index (χ4v) is 5.02. The normalized spacial score (nSPS) is 19.9. The molecular formula is C23H25N5O6. The summed E-state index contributed by atoms with van der Waals surface area (Å²) in [6.07, 6.45) is 0.857. The minimum atomic E-state index is -1.22. The molecule has 2 bridgehead atoms. The van der Waals surface area contributed by atoms with Gasteiger partial charge in [0.2, 0.25) is 5.69 Å². The number of nitrogens with one attached hydrogen (secondary N) is 2. The highest BCUT2D eigenvalue weighted by Gasteiger charge is 2.37. The number of fused-ring (bicyclic) bond motifs is 4. The lowest BCUT2D eigenvalue weighted by molar-refractivity contribution is -0.992. The molecule has 2 aliphatic rings. The van der Waals surface area contributed by atoms with Crippen LogP contribution in [0.15, 0.2) is 41.2 Å². The molecule has 1 aromatic carbocycles. The van der Waals surface area contributed by atoms with Gasteiger partial charge in [0.05, 0.1) is 19.9 Å². The van der Waals surface area contributed by atoms with E-state index in [2.05, 4.69) is 10.2 Å². The van der Waals surface area contributed by atoms with Crippen LogP contribution in [0.5, 0.6) is 11.5 Å². The molecule has 0 radical (unpaired) electrons. The Hall–Kier alpha value is -3.67. The van der Waals surface area contributed by atoms with Gasteiger partial charge in [-0.05, 0) is 42.7 Å². The van der Waals surface area contributed by atoms with Crippen LogP contribution in [0.3, 0.4) is 0 Å². The van der Waals surface area contributed by atoms with Crippen molar-refractivity contribution >= 4 is 11.6 Å². The highest BCUT2D eigenvalue weighted by molar-refractivity contribution is 5.93. The number of aromatic nitrogens is 3. The minimum Gasteiger partial charge on any atom is -0.595 e. The van der Waals surface area contributed by atoms with E-state index in [1.54, 1.807) is 48.0 Å². The van der Waals surface area contributed by atoms with Crippen molar-refractivity contribution in [3.63, 3.8) is 0 Å². The largest absolute Gasteiger partial charge is 0.595 e. The van der Waals surface area contributed by atoms with Crippen LogP contribution in [0.2, 0.25) is 0 Å². The number of nitrogens with zero attached hydrogens (tertiary/aromatic N) is 3. The number of aromatic amines is 1. The standard InChI is InChI=1S/C23H25N5O6/c1-33-20-6-3-14(8-21(20)34-2)16-9-17(25-24-16)22(29)26-10-13-7-15(12-26)18-4-5-19(28(31)32)23(30)27(18)11-13/h3-6,8-9,13,15,28,31H,7,10-12H2,1-2H3,(H,24,25). The number of benzene rings is 1.